The fraction of sp³-hybridized carbons (Fsp3) is 0.0484. The highest BCUT2D eigenvalue weighted by atomic mass is 14.9. The number of rotatable bonds is 7. The lowest BCUT2D eigenvalue weighted by Crippen LogP contribution is -2.14. The smallest absolute Gasteiger partial charge is 0.160 e. The van der Waals surface area contributed by atoms with Gasteiger partial charge in [0.1, 0.15) is 0 Å². The van der Waals surface area contributed by atoms with Crippen LogP contribution in [-0.4, -0.2) is 15.0 Å². The number of nitrogens with zero attached hydrogens (tertiary/aromatic N) is 3. The lowest BCUT2D eigenvalue weighted by Gasteiger charge is -2.22. The van der Waals surface area contributed by atoms with Gasteiger partial charge in [-0.3, -0.25) is 0 Å². The van der Waals surface area contributed by atoms with E-state index in [0.717, 1.165) is 66.8 Å². The molecule has 3 heteroatoms. The predicted molar refractivity (Wildman–Crippen MR) is 270 cm³/mol. The van der Waals surface area contributed by atoms with Crippen molar-refractivity contribution in [1.82, 2.24) is 15.0 Å². The molecule has 2 aromatic heterocycles. The van der Waals surface area contributed by atoms with Crippen LogP contribution in [0.2, 0.25) is 0 Å². The Labute approximate surface area is 379 Å². The molecule has 0 N–H and O–H groups in total. The first-order chi connectivity index (χ1) is 32.0. The monoisotopic (exact) mass is 829 g/mol. The van der Waals surface area contributed by atoms with E-state index in [9.17, 15) is 0 Å². The summed E-state index contributed by atoms with van der Waals surface area (Å²) < 4.78 is 0. The molecule has 0 atom stereocenters. The van der Waals surface area contributed by atoms with Crippen molar-refractivity contribution in [3.8, 4) is 89.7 Å². The molecule has 0 amide bonds. The van der Waals surface area contributed by atoms with Gasteiger partial charge < -0.3 is 0 Å². The van der Waals surface area contributed by atoms with E-state index < -0.39 is 0 Å². The zero-order valence-corrected chi connectivity index (χ0v) is 36.2. The Morgan fingerprint density at radius 2 is 0.800 bits per heavy atom. The molecule has 1 aliphatic rings. The van der Waals surface area contributed by atoms with Crippen LogP contribution in [0, 0.1) is 0 Å². The van der Waals surface area contributed by atoms with Crippen molar-refractivity contribution in [3.05, 3.63) is 236 Å². The molecule has 0 radical (unpaired) electrons. The van der Waals surface area contributed by atoms with E-state index in [1.54, 1.807) is 0 Å². The third kappa shape index (κ3) is 6.63. The second-order valence-corrected chi connectivity index (χ2v) is 17.5. The second-order valence-electron chi connectivity index (χ2n) is 17.5. The molecule has 0 aliphatic heterocycles. The summed E-state index contributed by atoms with van der Waals surface area (Å²) in [5.41, 5.74) is 20.2. The second kappa shape index (κ2) is 15.5. The Morgan fingerprint density at radius 1 is 0.308 bits per heavy atom. The van der Waals surface area contributed by atoms with Gasteiger partial charge in [0.25, 0.3) is 0 Å². The van der Waals surface area contributed by atoms with Crippen LogP contribution in [0.5, 0.6) is 0 Å². The van der Waals surface area contributed by atoms with Crippen molar-refractivity contribution in [3.63, 3.8) is 0 Å². The van der Waals surface area contributed by atoms with Crippen LogP contribution in [0.1, 0.15) is 25.0 Å². The van der Waals surface area contributed by atoms with Crippen molar-refractivity contribution in [2.75, 3.05) is 0 Å². The van der Waals surface area contributed by atoms with Gasteiger partial charge in [0.2, 0.25) is 0 Å². The van der Waals surface area contributed by atoms with E-state index in [-0.39, 0.29) is 5.41 Å². The van der Waals surface area contributed by atoms with Crippen molar-refractivity contribution in [2.45, 2.75) is 19.3 Å². The number of aromatic nitrogens is 3. The van der Waals surface area contributed by atoms with Gasteiger partial charge >= 0.3 is 0 Å². The molecule has 12 rings (SSSR count). The van der Waals surface area contributed by atoms with Crippen molar-refractivity contribution in [1.29, 1.82) is 0 Å². The maximum atomic E-state index is 5.49. The van der Waals surface area contributed by atoms with Gasteiger partial charge in [0, 0.05) is 49.4 Å². The van der Waals surface area contributed by atoms with Gasteiger partial charge in [0.05, 0.1) is 22.6 Å². The minimum Gasteiger partial charge on any atom is -0.246 e. The van der Waals surface area contributed by atoms with Crippen molar-refractivity contribution < 1.29 is 0 Å². The third-order valence-corrected chi connectivity index (χ3v) is 13.3. The minimum atomic E-state index is -0.0512. The van der Waals surface area contributed by atoms with Crippen LogP contribution in [0.3, 0.4) is 0 Å². The molecule has 0 saturated heterocycles. The Morgan fingerprint density at radius 3 is 1.48 bits per heavy atom. The molecular formula is C62H43N3. The first kappa shape index (κ1) is 38.4. The SMILES string of the molecule is CC1(C)c2ccccc2-c2ccc(-c3ccc(-c4cc(-c5ccc(-c6cccc7c6nc(-c6ccccc6)c6cccc(-c8ccccc8)c67)cc5)nc(-c5ccccc5)n4)cc3)cc21. The molecular weight excluding hydrogens is 787 g/mol. The molecule has 0 unspecified atom stereocenters. The molecule has 306 valence electrons. The summed E-state index contributed by atoms with van der Waals surface area (Å²) in [6, 6.07) is 80.1. The zero-order valence-electron chi connectivity index (χ0n) is 36.2. The minimum absolute atomic E-state index is 0.0512. The molecule has 11 aromatic rings. The molecule has 0 spiro atoms. The van der Waals surface area contributed by atoms with Gasteiger partial charge in [-0.05, 0) is 62.2 Å². The summed E-state index contributed by atoms with van der Waals surface area (Å²) in [6.07, 6.45) is 0. The Balaban J connectivity index is 0.934. The lowest BCUT2D eigenvalue weighted by atomic mass is 9.81. The highest BCUT2D eigenvalue weighted by molar-refractivity contribution is 6.19. The Bertz CT molecular complexity index is 3580. The van der Waals surface area contributed by atoms with Crippen molar-refractivity contribution >= 4 is 21.7 Å². The number of hydrogen-bond acceptors (Lipinski definition) is 3. The quantitative estimate of drug-likeness (QED) is 0.150. The highest BCUT2D eigenvalue weighted by Crippen LogP contribution is 2.49. The number of fused-ring (bicyclic) bond motifs is 6. The largest absolute Gasteiger partial charge is 0.246 e. The normalized spacial score (nSPS) is 12.6. The maximum Gasteiger partial charge on any atom is 0.160 e. The maximum absolute atomic E-state index is 5.49. The average Bonchev–Trinajstić information content (AvgIpc) is 3.61. The van der Waals surface area contributed by atoms with Crippen LogP contribution in [0.4, 0.5) is 0 Å². The van der Waals surface area contributed by atoms with E-state index in [4.69, 9.17) is 15.0 Å². The van der Waals surface area contributed by atoms with E-state index >= 15 is 0 Å². The van der Waals surface area contributed by atoms with Gasteiger partial charge in [-0.1, -0.05) is 226 Å². The molecule has 2 heterocycles. The summed E-state index contributed by atoms with van der Waals surface area (Å²) in [4.78, 5) is 15.8. The van der Waals surface area contributed by atoms with Gasteiger partial charge in [0.15, 0.2) is 5.82 Å². The van der Waals surface area contributed by atoms with E-state index in [0.29, 0.717) is 5.82 Å². The fourth-order valence-electron chi connectivity index (χ4n) is 9.98. The van der Waals surface area contributed by atoms with Gasteiger partial charge in [-0.15, -0.1) is 0 Å². The molecule has 3 nitrogen and oxygen atoms in total. The molecule has 1 aliphatic carbocycles. The van der Waals surface area contributed by atoms with Gasteiger partial charge in [-0.25, -0.2) is 15.0 Å². The Hall–Kier alpha value is -8.27. The number of para-hydroxylation sites is 1. The number of pyridine rings is 1. The summed E-state index contributed by atoms with van der Waals surface area (Å²) in [6.45, 7) is 4.67. The lowest BCUT2D eigenvalue weighted by molar-refractivity contribution is 0.660. The molecule has 0 saturated carbocycles. The molecule has 65 heavy (non-hydrogen) atoms. The standard InChI is InChI=1S/C62H43N3/c1-62(2)54-27-13-12-22-50(54)51-37-36-47(38-55(51)62)40-28-32-43(33-29-40)56-39-57(64-61(63-56)46-20-10-5-11-21-46)44-34-30-42(31-35-44)49-24-15-26-53-58-48(41-16-6-3-7-17-41)23-14-25-52(58)59(65-60(49)53)45-18-8-4-9-19-45/h3-39H,1-2H3. The van der Waals surface area contributed by atoms with Crippen LogP contribution < -0.4 is 0 Å². The van der Waals surface area contributed by atoms with Crippen LogP contribution in [-0.2, 0) is 5.41 Å². The van der Waals surface area contributed by atoms with Crippen LogP contribution in [0.15, 0.2) is 224 Å². The molecule has 9 aromatic carbocycles. The number of benzene rings is 9. The van der Waals surface area contributed by atoms with Crippen LogP contribution in [0.25, 0.3) is 111 Å². The van der Waals surface area contributed by atoms with E-state index in [2.05, 4.69) is 220 Å². The van der Waals surface area contributed by atoms with Crippen LogP contribution >= 0.6 is 0 Å². The first-order valence-electron chi connectivity index (χ1n) is 22.3. The zero-order chi connectivity index (χ0) is 43.5. The van der Waals surface area contributed by atoms with Crippen molar-refractivity contribution in [2.24, 2.45) is 0 Å². The topological polar surface area (TPSA) is 38.7 Å². The summed E-state index contributed by atoms with van der Waals surface area (Å²) in [5.74, 6) is 0.694. The van der Waals surface area contributed by atoms with E-state index in [1.807, 2.05) is 18.2 Å². The highest BCUT2D eigenvalue weighted by Gasteiger charge is 2.35. The fourth-order valence-corrected chi connectivity index (χ4v) is 9.98. The number of hydrogen-bond donors (Lipinski definition) is 0. The Kier molecular flexibility index (Phi) is 9.17. The molecule has 0 fully saturated rings. The average molecular weight is 830 g/mol. The first-order valence-corrected chi connectivity index (χ1v) is 22.3. The van der Waals surface area contributed by atoms with E-state index in [1.165, 1.54) is 49.9 Å². The summed E-state index contributed by atoms with van der Waals surface area (Å²) in [5, 5.41) is 3.48. The summed E-state index contributed by atoms with van der Waals surface area (Å²) in [7, 11) is 0. The molecule has 0 bridgehead atoms. The van der Waals surface area contributed by atoms with Gasteiger partial charge in [-0.2, -0.15) is 0 Å². The predicted octanol–water partition coefficient (Wildman–Crippen LogP) is 16.2. The third-order valence-electron chi connectivity index (χ3n) is 13.3. The summed E-state index contributed by atoms with van der Waals surface area (Å²) >= 11 is 0.